The number of carbonyl (C=O) groups excluding carboxylic acids is 2. The average molecular weight is 401 g/mol. The maximum Gasteiger partial charge on any atom is 0.331 e. The van der Waals surface area contributed by atoms with Crippen LogP contribution in [0.1, 0.15) is 18.1 Å². The second kappa shape index (κ2) is 7.81. The van der Waals surface area contributed by atoms with Crippen LogP contribution in [0.3, 0.4) is 0 Å². The lowest BCUT2D eigenvalue weighted by Crippen LogP contribution is -2.28. The number of aryl methyl sites for hydroxylation is 1. The van der Waals surface area contributed by atoms with E-state index in [4.69, 9.17) is 4.74 Å². The first-order valence-electron chi connectivity index (χ1n) is 8.50. The van der Waals surface area contributed by atoms with Crippen molar-refractivity contribution in [1.29, 1.82) is 0 Å². The number of hydrogen-bond acceptors (Lipinski definition) is 6. The minimum atomic E-state index is -3.69. The normalized spacial score (nSPS) is 16.7. The second-order valence-electron chi connectivity index (χ2n) is 6.23. The summed E-state index contributed by atoms with van der Waals surface area (Å²) in [5.74, 6) is -1.14. The fourth-order valence-electron chi connectivity index (χ4n) is 2.63. The predicted molar refractivity (Wildman–Crippen MR) is 104 cm³/mol. The standard InChI is InChI=1S/C19H19N3O5S/c1-12-7-3-5-9-15(12)21-17(23)11-27-19(24)13(2)20-18-14-8-4-6-10-16(14)28(25,26)22-18/h3-10,13H,11H2,1-2H3,(H,20,22)(H,21,23)/t13-/m0/s1. The number of nitrogens with zero attached hydrogens (tertiary/aromatic N) is 1. The van der Waals surface area contributed by atoms with Gasteiger partial charge in [-0.05, 0) is 37.6 Å². The highest BCUT2D eigenvalue weighted by atomic mass is 32.2. The molecule has 8 nitrogen and oxygen atoms in total. The van der Waals surface area contributed by atoms with E-state index in [1.54, 1.807) is 30.3 Å². The molecule has 0 fully saturated rings. The maximum absolute atomic E-state index is 12.1. The summed E-state index contributed by atoms with van der Waals surface area (Å²) in [6.07, 6.45) is 0. The van der Waals surface area contributed by atoms with E-state index in [9.17, 15) is 18.0 Å². The smallest absolute Gasteiger partial charge is 0.331 e. The molecule has 0 bridgehead atoms. The molecule has 0 aromatic heterocycles. The van der Waals surface area contributed by atoms with Gasteiger partial charge in [-0.15, -0.1) is 0 Å². The number of aliphatic imine (C=N–C) groups is 1. The molecular weight excluding hydrogens is 382 g/mol. The van der Waals surface area contributed by atoms with Gasteiger partial charge < -0.3 is 10.1 Å². The first-order valence-corrected chi connectivity index (χ1v) is 9.98. The van der Waals surface area contributed by atoms with Crippen LogP contribution in [0.4, 0.5) is 5.69 Å². The monoisotopic (exact) mass is 401 g/mol. The number of anilines is 1. The van der Waals surface area contributed by atoms with Gasteiger partial charge in [-0.2, -0.15) is 0 Å². The van der Waals surface area contributed by atoms with Crippen molar-refractivity contribution in [3.05, 3.63) is 59.7 Å². The van der Waals surface area contributed by atoms with E-state index in [1.807, 2.05) is 19.1 Å². The molecule has 0 saturated carbocycles. The largest absolute Gasteiger partial charge is 0.454 e. The molecule has 1 aliphatic heterocycles. The molecule has 2 N–H and O–H groups in total. The molecule has 0 spiro atoms. The molecule has 0 saturated heterocycles. The topological polar surface area (TPSA) is 114 Å². The number of amides is 1. The van der Waals surface area contributed by atoms with E-state index < -0.39 is 34.5 Å². The molecule has 1 aliphatic rings. The summed E-state index contributed by atoms with van der Waals surface area (Å²) in [4.78, 5) is 28.3. The van der Waals surface area contributed by atoms with Gasteiger partial charge in [0, 0.05) is 11.3 Å². The molecule has 9 heteroatoms. The molecule has 1 atom stereocenters. The summed E-state index contributed by atoms with van der Waals surface area (Å²) < 4.78 is 31.5. The van der Waals surface area contributed by atoms with Gasteiger partial charge in [-0.1, -0.05) is 30.3 Å². The van der Waals surface area contributed by atoms with Crippen molar-refractivity contribution < 1.29 is 22.7 Å². The molecule has 1 heterocycles. The van der Waals surface area contributed by atoms with Crippen LogP contribution in [0.25, 0.3) is 0 Å². The summed E-state index contributed by atoms with van der Waals surface area (Å²) >= 11 is 0. The average Bonchev–Trinajstić information content (AvgIpc) is 2.92. The minimum absolute atomic E-state index is 0.0735. The minimum Gasteiger partial charge on any atom is -0.454 e. The van der Waals surface area contributed by atoms with E-state index in [1.165, 1.54) is 13.0 Å². The first kappa shape index (κ1) is 19.6. The third-order valence-corrected chi connectivity index (χ3v) is 5.49. The van der Waals surface area contributed by atoms with Gasteiger partial charge in [0.05, 0.1) is 4.90 Å². The lowest BCUT2D eigenvalue weighted by atomic mass is 10.2. The summed E-state index contributed by atoms with van der Waals surface area (Å²) in [6, 6.07) is 12.6. The number of benzene rings is 2. The Morgan fingerprint density at radius 3 is 2.57 bits per heavy atom. The van der Waals surface area contributed by atoms with Crippen molar-refractivity contribution in [1.82, 2.24) is 4.72 Å². The SMILES string of the molecule is Cc1ccccc1NC(=O)COC(=O)[C@H](C)N=C1NS(=O)(=O)c2ccccc21. The molecule has 0 radical (unpaired) electrons. The van der Waals surface area contributed by atoms with Gasteiger partial charge in [-0.3, -0.25) is 14.5 Å². The zero-order chi connectivity index (χ0) is 20.3. The van der Waals surface area contributed by atoms with E-state index >= 15 is 0 Å². The number of esters is 1. The van der Waals surface area contributed by atoms with Crippen molar-refractivity contribution >= 4 is 33.4 Å². The number of para-hydroxylation sites is 1. The fourth-order valence-corrected chi connectivity index (χ4v) is 3.87. The molecule has 0 unspecified atom stereocenters. The Morgan fingerprint density at radius 1 is 1.14 bits per heavy atom. The van der Waals surface area contributed by atoms with Gasteiger partial charge >= 0.3 is 5.97 Å². The summed E-state index contributed by atoms with van der Waals surface area (Å²) in [5.41, 5.74) is 1.90. The third-order valence-electron chi connectivity index (χ3n) is 4.09. The van der Waals surface area contributed by atoms with Gasteiger partial charge in [0.15, 0.2) is 6.61 Å². The molecule has 28 heavy (non-hydrogen) atoms. The van der Waals surface area contributed by atoms with Gasteiger partial charge in [0.25, 0.3) is 15.9 Å². The molecule has 0 aliphatic carbocycles. The van der Waals surface area contributed by atoms with Crippen molar-refractivity contribution in [2.75, 3.05) is 11.9 Å². The van der Waals surface area contributed by atoms with Crippen LogP contribution in [0.2, 0.25) is 0 Å². The van der Waals surface area contributed by atoms with E-state index in [2.05, 4.69) is 15.0 Å². The lowest BCUT2D eigenvalue weighted by molar-refractivity contribution is -0.148. The Morgan fingerprint density at radius 2 is 1.82 bits per heavy atom. The number of carbonyl (C=O) groups is 2. The zero-order valence-corrected chi connectivity index (χ0v) is 16.1. The van der Waals surface area contributed by atoms with Crippen molar-refractivity contribution in [3.8, 4) is 0 Å². The number of nitrogens with one attached hydrogen (secondary N) is 2. The Hall–Kier alpha value is -3.20. The highest BCUT2D eigenvalue weighted by Crippen LogP contribution is 2.22. The maximum atomic E-state index is 12.1. The van der Waals surface area contributed by atoms with Gasteiger partial charge in [0.1, 0.15) is 11.9 Å². The molecule has 2 aromatic carbocycles. The number of sulfonamides is 1. The van der Waals surface area contributed by atoms with Gasteiger partial charge in [-0.25, -0.2) is 13.2 Å². The van der Waals surface area contributed by atoms with Crippen molar-refractivity contribution in [2.45, 2.75) is 24.8 Å². The molecule has 146 valence electrons. The van der Waals surface area contributed by atoms with Crippen LogP contribution < -0.4 is 10.0 Å². The van der Waals surface area contributed by atoms with Gasteiger partial charge in [0.2, 0.25) is 0 Å². The molecule has 2 aromatic rings. The zero-order valence-electron chi connectivity index (χ0n) is 15.3. The number of rotatable bonds is 5. The number of ether oxygens (including phenoxy) is 1. The van der Waals surface area contributed by atoms with E-state index in [0.717, 1.165) is 5.56 Å². The van der Waals surface area contributed by atoms with Crippen LogP contribution in [0.5, 0.6) is 0 Å². The quantitative estimate of drug-likeness (QED) is 0.739. The Balaban J connectivity index is 1.62. The summed E-state index contributed by atoms with van der Waals surface area (Å²) in [7, 11) is -3.69. The van der Waals surface area contributed by atoms with Crippen molar-refractivity contribution in [2.24, 2.45) is 4.99 Å². The fraction of sp³-hybridized carbons (Fsp3) is 0.211. The van der Waals surface area contributed by atoms with E-state index in [-0.39, 0.29) is 10.7 Å². The van der Waals surface area contributed by atoms with Crippen LogP contribution in [-0.2, 0) is 24.3 Å². The van der Waals surface area contributed by atoms with Crippen LogP contribution in [0.15, 0.2) is 58.4 Å². The Labute approximate surface area is 162 Å². The van der Waals surface area contributed by atoms with Crippen molar-refractivity contribution in [3.63, 3.8) is 0 Å². The molecule has 3 rings (SSSR count). The summed E-state index contributed by atoms with van der Waals surface area (Å²) in [5, 5.41) is 2.66. The van der Waals surface area contributed by atoms with Crippen LogP contribution in [0, 0.1) is 6.92 Å². The highest BCUT2D eigenvalue weighted by Gasteiger charge is 2.31. The second-order valence-corrected chi connectivity index (χ2v) is 7.88. The van der Waals surface area contributed by atoms with Crippen LogP contribution in [-0.4, -0.2) is 38.8 Å². The number of hydrogen-bond donors (Lipinski definition) is 2. The highest BCUT2D eigenvalue weighted by molar-refractivity contribution is 7.90. The number of fused-ring (bicyclic) bond motifs is 1. The molecular formula is C19H19N3O5S. The predicted octanol–water partition coefficient (Wildman–Crippen LogP) is 1.60. The Kier molecular flexibility index (Phi) is 5.46. The Bertz CT molecular complexity index is 1060. The molecule has 1 amide bonds. The third kappa shape index (κ3) is 4.20. The summed E-state index contributed by atoms with van der Waals surface area (Å²) in [6.45, 7) is 2.84. The lowest BCUT2D eigenvalue weighted by Gasteiger charge is -2.10. The number of amidine groups is 1. The first-order chi connectivity index (χ1) is 13.3. The van der Waals surface area contributed by atoms with E-state index in [0.29, 0.717) is 11.3 Å². The van der Waals surface area contributed by atoms with Crippen LogP contribution >= 0.6 is 0 Å².